The third-order valence-corrected chi connectivity index (χ3v) is 15.7. The molecule has 62 heavy (non-hydrogen) atoms. The van der Waals surface area contributed by atoms with Crippen LogP contribution in [-0.2, 0) is 29.7 Å². The number of hydrogen-bond donors (Lipinski definition) is 2. The molecule has 312 valence electrons. The number of carbonyl (C=O) groups is 2. The first kappa shape index (κ1) is 40.2. The second-order valence-electron chi connectivity index (χ2n) is 17.9. The molecule has 1 aliphatic carbocycles. The maximum absolute atomic E-state index is 13.4. The molecule has 1 atom stereocenters. The predicted octanol–water partition coefficient (Wildman–Crippen LogP) is 9.21. The summed E-state index contributed by atoms with van der Waals surface area (Å²) in [5.74, 6) is 1.38. The van der Waals surface area contributed by atoms with Crippen LogP contribution in [0.5, 0.6) is 0 Å². The Balaban J connectivity index is 0.697. The van der Waals surface area contributed by atoms with E-state index in [4.69, 9.17) is 0 Å². The van der Waals surface area contributed by atoms with Crippen LogP contribution in [0.15, 0.2) is 134 Å². The molecule has 1 unspecified atom stereocenters. The van der Waals surface area contributed by atoms with Crippen molar-refractivity contribution < 1.29 is 18.7 Å². The third kappa shape index (κ3) is 6.70. The summed E-state index contributed by atoms with van der Waals surface area (Å²) in [6, 6.07) is 32.2. The van der Waals surface area contributed by atoms with Crippen LogP contribution in [0, 0.1) is 5.92 Å². The Morgan fingerprint density at radius 3 is 1.94 bits per heavy atom. The predicted molar refractivity (Wildman–Crippen MR) is 254 cm³/mol. The van der Waals surface area contributed by atoms with Gasteiger partial charge in [-0.3, -0.25) is 9.59 Å². The molecule has 0 fully saturated rings. The Kier molecular flexibility index (Phi) is 10.1. The molecule has 0 radical (unpaired) electrons. The first-order valence-electron chi connectivity index (χ1n) is 21.5. The molecule has 0 saturated heterocycles. The van der Waals surface area contributed by atoms with Gasteiger partial charge >= 0.3 is 0 Å². The summed E-state index contributed by atoms with van der Waals surface area (Å²) in [4.78, 5) is 26.8. The van der Waals surface area contributed by atoms with Crippen molar-refractivity contribution >= 4 is 60.9 Å². The van der Waals surface area contributed by atoms with Crippen LogP contribution in [0.2, 0.25) is 0 Å². The highest BCUT2D eigenvalue weighted by atomic mass is 33.1. The molecule has 10 rings (SSSR count). The lowest BCUT2D eigenvalue weighted by Gasteiger charge is -2.20. The average Bonchev–Trinajstić information content (AvgIpc) is 3.95. The number of hydrogen-bond acceptors (Lipinski definition) is 4. The van der Waals surface area contributed by atoms with Gasteiger partial charge < -0.3 is 19.8 Å². The molecule has 3 aromatic carbocycles. The maximum atomic E-state index is 13.4. The van der Waals surface area contributed by atoms with E-state index >= 15 is 0 Å². The number of carbonyl (C=O) groups excluding carboxylic acids is 2. The van der Waals surface area contributed by atoms with Crippen LogP contribution in [0.4, 0.5) is 0 Å². The van der Waals surface area contributed by atoms with Gasteiger partial charge in [0.05, 0.1) is 16.7 Å². The molecule has 2 amide bonds. The maximum Gasteiger partial charge on any atom is 0.251 e. The highest BCUT2D eigenvalue weighted by Crippen LogP contribution is 2.45. The molecule has 3 aliphatic rings. The molecule has 7 aromatic rings. The van der Waals surface area contributed by atoms with E-state index in [1.807, 2.05) is 6.07 Å². The van der Waals surface area contributed by atoms with Gasteiger partial charge in [-0.15, -0.1) is 0 Å². The first-order valence-corrected chi connectivity index (χ1v) is 24.0. The fourth-order valence-corrected chi connectivity index (χ4v) is 11.8. The van der Waals surface area contributed by atoms with E-state index in [9.17, 15) is 9.59 Å². The molecule has 10 heteroatoms. The molecule has 0 spiro atoms. The minimum absolute atomic E-state index is 0.0603. The van der Waals surface area contributed by atoms with Crippen molar-refractivity contribution in [3.63, 3.8) is 0 Å². The molecule has 0 bridgehead atoms. The lowest BCUT2D eigenvalue weighted by molar-refractivity contribution is -0.599. The van der Waals surface area contributed by atoms with Crippen molar-refractivity contribution in [1.82, 2.24) is 19.8 Å². The second kappa shape index (κ2) is 15.5. The van der Waals surface area contributed by atoms with Crippen LogP contribution in [0.1, 0.15) is 61.4 Å². The van der Waals surface area contributed by atoms with Crippen LogP contribution in [0.25, 0.3) is 55.4 Å². The fourth-order valence-electron chi connectivity index (χ4n) is 9.94. The van der Waals surface area contributed by atoms with Gasteiger partial charge in [-0.1, -0.05) is 64.1 Å². The standard InChI is InChI=1S/C52H50N6O2S2/c1-51(2)41-27-35(15-17-45(41)57-23-19-33(29-47(51)57)39-31-55(5)43-13-9-7-11-37(39)43)49(59)53-21-25-61-62-26-22-54-50(60)36-16-18-46-42(28-36)52(3,4)48-30-34(20-24-58(46)48)40-32-56(6)44-14-10-8-12-38(40)44/h7-15,17-20,23-24,27-32,36H,16,21-22,25-26H2,1-6H3/p+2. The Labute approximate surface area is 371 Å². The van der Waals surface area contributed by atoms with Crippen LogP contribution < -0.4 is 19.8 Å². The lowest BCUT2D eigenvalue weighted by Crippen LogP contribution is -2.35. The minimum Gasteiger partial charge on any atom is -0.355 e. The SMILES string of the molecule is Cn1cc(-c2cc[n+]3c(c2)C(C)(C)C2=CC(C(=O)NCCSSCCNC(=O)c4ccc5c(c4)C(C)(C)c4cc(-c6cn(C)c7ccccc67)cc[n+]4-5)CC=C23)c2ccccc21. The molecule has 4 aromatic heterocycles. The largest absolute Gasteiger partial charge is 0.355 e. The van der Waals surface area contributed by atoms with E-state index in [0.29, 0.717) is 25.1 Å². The summed E-state index contributed by atoms with van der Waals surface area (Å²) in [5, 5.41) is 8.80. The number of nitrogens with one attached hydrogen (secondary N) is 2. The third-order valence-electron chi connectivity index (χ3n) is 13.3. The van der Waals surface area contributed by atoms with Gasteiger partial charge in [0.2, 0.25) is 17.3 Å². The number of aromatic nitrogens is 4. The number of fused-ring (bicyclic) bond motifs is 8. The molecular formula is C52H52N6O2S2+2. The highest BCUT2D eigenvalue weighted by Gasteiger charge is 2.49. The zero-order valence-electron chi connectivity index (χ0n) is 36.2. The molecular weight excluding hydrogens is 805 g/mol. The minimum atomic E-state index is -0.275. The van der Waals surface area contributed by atoms with Crippen LogP contribution in [0.3, 0.4) is 0 Å². The Hall–Kier alpha value is -5.84. The Bertz CT molecular complexity index is 3040. The number of rotatable bonds is 11. The van der Waals surface area contributed by atoms with Gasteiger partial charge in [-0.05, 0) is 75.6 Å². The van der Waals surface area contributed by atoms with Crippen molar-refractivity contribution in [2.45, 2.75) is 44.9 Å². The highest BCUT2D eigenvalue weighted by molar-refractivity contribution is 8.76. The average molecular weight is 857 g/mol. The summed E-state index contributed by atoms with van der Waals surface area (Å²) >= 11 is 0. The number of allylic oxidation sites excluding steroid dienone is 3. The Morgan fingerprint density at radius 2 is 1.29 bits per heavy atom. The number of nitrogens with zero attached hydrogens (tertiary/aromatic N) is 4. The number of pyridine rings is 2. The second-order valence-corrected chi connectivity index (χ2v) is 20.6. The van der Waals surface area contributed by atoms with E-state index in [1.54, 1.807) is 21.6 Å². The van der Waals surface area contributed by atoms with Crippen molar-refractivity contribution in [1.29, 1.82) is 0 Å². The smallest absolute Gasteiger partial charge is 0.251 e. The van der Waals surface area contributed by atoms with Gasteiger partial charge in [0.15, 0.2) is 23.8 Å². The Morgan fingerprint density at radius 1 is 0.710 bits per heavy atom. The van der Waals surface area contributed by atoms with Gasteiger partial charge in [0.1, 0.15) is 0 Å². The topological polar surface area (TPSA) is 75.8 Å². The molecule has 2 N–H and O–H groups in total. The molecule has 6 heterocycles. The van der Waals surface area contributed by atoms with E-state index < -0.39 is 0 Å². The first-order chi connectivity index (χ1) is 29.9. The van der Waals surface area contributed by atoms with E-state index in [-0.39, 0.29) is 28.6 Å². The summed E-state index contributed by atoms with van der Waals surface area (Å²) in [6.45, 7) is 10.2. The van der Waals surface area contributed by atoms with Gasteiger partial charge in [0.25, 0.3) is 5.91 Å². The zero-order chi connectivity index (χ0) is 42.9. The number of para-hydroxylation sites is 2. The number of benzene rings is 3. The van der Waals surface area contributed by atoms with E-state index in [2.05, 4.69) is 193 Å². The van der Waals surface area contributed by atoms with Gasteiger partial charge in [0, 0.05) is 131 Å². The number of amides is 2. The molecule has 8 nitrogen and oxygen atoms in total. The van der Waals surface area contributed by atoms with E-state index in [0.717, 1.165) is 22.8 Å². The van der Waals surface area contributed by atoms with Gasteiger partial charge in [-0.25, -0.2) is 0 Å². The normalized spacial score (nSPS) is 16.6. The monoisotopic (exact) mass is 856 g/mol. The summed E-state index contributed by atoms with van der Waals surface area (Å²) < 4.78 is 8.95. The van der Waals surface area contributed by atoms with Gasteiger partial charge in [-0.2, -0.15) is 9.13 Å². The molecule has 0 saturated carbocycles. The number of aryl methyl sites for hydroxylation is 2. The summed E-state index contributed by atoms with van der Waals surface area (Å²) in [7, 11) is 7.64. The van der Waals surface area contributed by atoms with Crippen molar-refractivity contribution in [3.05, 3.63) is 156 Å². The fraction of sp³-hybridized carbons (Fsp3) is 0.269. The van der Waals surface area contributed by atoms with Crippen LogP contribution >= 0.6 is 21.6 Å². The van der Waals surface area contributed by atoms with Crippen molar-refractivity contribution in [2.24, 2.45) is 20.0 Å². The van der Waals surface area contributed by atoms with E-state index in [1.165, 1.54) is 66.7 Å². The lowest BCUT2D eigenvalue weighted by atomic mass is 9.78. The van der Waals surface area contributed by atoms with Crippen molar-refractivity contribution in [2.75, 3.05) is 24.6 Å². The van der Waals surface area contributed by atoms with Crippen LogP contribution in [-0.4, -0.2) is 45.5 Å². The molecule has 2 aliphatic heterocycles. The zero-order valence-corrected chi connectivity index (χ0v) is 37.8. The summed E-state index contributed by atoms with van der Waals surface area (Å²) in [5.41, 5.74) is 14.5. The van der Waals surface area contributed by atoms with Crippen molar-refractivity contribution in [3.8, 4) is 27.9 Å². The summed E-state index contributed by atoms with van der Waals surface area (Å²) in [6.07, 6.45) is 13.9. The quantitative estimate of drug-likeness (QED) is 0.0774.